The Hall–Kier alpha value is -0.610. The van der Waals surface area contributed by atoms with E-state index in [-0.39, 0.29) is 5.92 Å². The minimum atomic E-state index is 0.261. The van der Waals surface area contributed by atoms with E-state index in [1.165, 1.54) is 12.8 Å². The van der Waals surface area contributed by atoms with Crippen LogP contribution in [0.4, 0.5) is 0 Å². The molecule has 0 aromatic heterocycles. The molecule has 2 aliphatic carbocycles. The van der Waals surface area contributed by atoms with E-state index in [0.717, 1.165) is 57.9 Å². The predicted octanol–water partition coefficient (Wildman–Crippen LogP) is 0.810. The van der Waals surface area contributed by atoms with E-state index in [2.05, 4.69) is 9.80 Å². The van der Waals surface area contributed by atoms with Crippen LogP contribution in [0.3, 0.4) is 0 Å². The lowest BCUT2D eigenvalue weighted by Gasteiger charge is -2.37. The van der Waals surface area contributed by atoms with Crippen molar-refractivity contribution in [2.75, 3.05) is 26.2 Å². The molecule has 0 unspecified atom stereocenters. The van der Waals surface area contributed by atoms with E-state index in [1.54, 1.807) is 0 Å². The van der Waals surface area contributed by atoms with Gasteiger partial charge in [0.15, 0.2) is 0 Å². The highest BCUT2D eigenvalue weighted by Gasteiger charge is 2.34. The lowest BCUT2D eigenvalue weighted by atomic mass is 9.85. The minimum absolute atomic E-state index is 0.261. The first-order valence-corrected chi connectivity index (χ1v) is 7.52. The van der Waals surface area contributed by atoms with Crippen LogP contribution < -0.4 is 5.73 Å². The summed E-state index contributed by atoms with van der Waals surface area (Å²) in [7, 11) is 0. The maximum Gasteiger partial charge on any atom is 0.225 e. The number of carbonyl (C=O) groups excluding carboxylic acids is 1. The molecule has 18 heavy (non-hydrogen) atoms. The van der Waals surface area contributed by atoms with Gasteiger partial charge in [-0.25, -0.2) is 0 Å². The first-order valence-electron chi connectivity index (χ1n) is 7.52. The smallest absolute Gasteiger partial charge is 0.225 e. The summed E-state index contributed by atoms with van der Waals surface area (Å²) in [5.74, 6) is 0.662. The molecular weight excluding hydrogens is 226 g/mol. The summed E-state index contributed by atoms with van der Waals surface area (Å²) in [6.07, 6.45) is 6.80. The molecule has 0 radical (unpaired) electrons. The van der Waals surface area contributed by atoms with Crippen LogP contribution in [-0.4, -0.2) is 54.0 Å². The summed E-state index contributed by atoms with van der Waals surface area (Å²) in [6.45, 7) is 4.06. The molecule has 0 atom stereocenters. The fraction of sp³-hybridized carbons (Fsp3) is 0.929. The summed E-state index contributed by atoms with van der Waals surface area (Å²) in [5, 5.41) is 0. The fourth-order valence-electron chi connectivity index (χ4n) is 3.37. The molecule has 1 aliphatic heterocycles. The van der Waals surface area contributed by atoms with Crippen LogP contribution >= 0.6 is 0 Å². The van der Waals surface area contributed by atoms with Crippen LogP contribution in [0.2, 0.25) is 0 Å². The first-order chi connectivity index (χ1) is 8.74. The maximum atomic E-state index is 12.4. The second kappa shape index (κ2) is 5.17. The van der Waals surface area contributed by atoms with Crippen LogP contribution in [0.25, 0.3) is 0 Å². The second-order valence-corrected chi connectivity index (χ2v) is 6.20. The lowest BCUT2D eigenvalue weighted by Crippen LogP contribution is -2.51. The fourth-order valence-corrected chi connectivity index (χ4v) is 3.37. The summed E-state index contributed by atoms with van der Waals surface area (Å²) < 4.78 is 0. The molecule has 0 aromatic rings. The highest BCUT2D eigenvalue weighted by atomic mass is 16.2. The number of carbonyl (C=O) groups is 1. The van der Waals surface area contributed by atoms with Gasteiger partial charge in [-0.1, -0.05) is 0 Å². The zero-order chi connectivity index (χ0) is 12.5. The number of rotatable bonds is 2. The van der Waals surface area contributed by atoms with Gasteiger partial charge in [0.1, 0.15) is 0 Å². The van der Waals surface area contributed by atoms with E-state index in [1.807, 2.05) is 0 Å². The quantitative estimate of drug-likeness (QED) is 0.790. The summed E-state index contributed by atoms with van der Waals surface area (Å²) >= 11 is 0. The Morgan fingerprint density at radius 2 is 1.50 bits per heavy atom. The maximum absolute atomic E-state index is 12.4. The molecule has 3 rings (SSSR count). The topological polar surface area (TPSA) is 49.6 Å². The molecule has 0 aromatic carbocycles. The van der Waals surface area contributed by atoms with E-state index in [9.17, 15) is 4.79 Å². The molecule has 1 saturated heterocycles. The Morgan fingerprint density at radius 1 is 0.889 bits per heavy atom. The van der Waals surface area contributed by atoms with Crippen molar-refractivity contribution < 1.29 is 4.79 Å². The van der Waals surface area contributed by atoms with Gasteiger partial charge in [-0.2, -0.15) is 0 Å². The van der Waals surface area contributed by atoms with Crippen molar-refractivity contribution in [3.05, 3.63) is 0 Å². The van der Waals surface area contributed by atoms with Crippen LogP contribution in [-0.2, 0) is 4.79 Å². The number of hydrogen-bond acceptors (Lipinski definition) is 3. The predicted molar refractivity (Wildman–Crippen MR) is 71.1 cm³/mol. The van der Waals surface area contributed by atoms with Gasteiger partial charge >= 0.3 is 0 Å². The molecule has 2 N–H and O–H groups in total. The Kier molecular flexibility index (Phi) is 3.57. The van der Waals surface area contributed by atoms with Gasteiger partial charge in [0.25, 0.3) is 0 Å². The van der Waals surface area contributed by atoms with Crippen molar-refractivity contribution in [1.82, 2.24) is 9.80 Å². The third-order valence-electron chi connectivity index (χ3n) is 4.81. The van der Waals surface area contributed by atoms with Crippen molar-refractivity contribution >= 4 is 5.91 Å². The van der Waals surface area contributed by atoms with Crippen LogP contribution in [0, 0.1) is 5.92 Å². The van der Waals surface area contributed by atoms with Gasteiger partial charge in [0, 0.05) is 44.2 Å². The Bertz CT molecular complexity index is 300. The molecule has 2 saturated carbocycles. The van der Waals surface area contributed by atoms with Gasteiger partial charge in [-0.05, 0) is 38.5 Å². The zero-order valence-electron chi connectivity index (χ0n) is 11.2. The van der Waals surface area contributed by atoms with Gasteiger partial charge in [0.05, 0.1) is 0 Å². The molecule has 4 heteroatoms. The molecule has 0 bridgehead atoms. The molecule has 3 aliphatic rings. The SMILES string of the molecule is NC1CCC(C(=O)N2CCN(C3CC3)CC2)CC1. The van der Waals surface area contributed by atoms with Crippen molar-refractivity contribution in [2.24, 2.45) is 11.7 Å². The molecular formula is C14H25N3O. The number of nitrogens with two attached hydrogens (primary N) is 1. The van der Waals surface area contributed by atoms with E-state index < -0.39 is 0 Å². The lowest BCUT2D eigenvalue weighted by molar-refractivity contribution is -0.138. The van der Waals surface area contributed by atoms with Crippen molar-refractivity contribution in [1.29, 1.82) is 0 Å². The van der Waals surface area contributed by atoms with Gasteiger partial charge in [-0.3, -0.25) is 9.69 Å². The first kappa shape index (κ1) is 12.4. The monoisotopic (exact) mass is 251 g/mol. The van der Waals surface area contributed by atoms with Crippen LogP contribution in [0.1, 0.15) is 38.5 Å². The third kappa shape index (κ3) is 2.69. The largest absolute Gasteiger partial charge is 0.340 e. The minimum Gasteiger partial charge on any atom is -0.340 e. The van der Waals surface area contributed by atoms with Crippen LogP contribution in [0.15, 0.2) is 0 Å². The third-order valence-corrected chi connectivity index (χ3v) is 4.81. The molecule has 102 valence electrons. The van der Waals surface area contributed by atoms with E-state index in [0.29, 0.717) is 11.9 Å². The normalized spacial score (nSPS) is 34.6. The number of hydrogen-bond donors (Lipinski definition) is 1. The molecule has 4 nitrogen and oxygen atoms in total. The molecule has 3 fully saturated rings. The summed E-state index contributed by atoms with van der Waals surface area (Å²) in [5.41, 5.74) is 5.90. The second-order valence-electron chi connectivity index (χ2n) is 6.20. The van der Waals surface area contributed by atoms with Gasteiger partial charge in [0.2, 0.25) is 5.91 Å². The molecule has 0 spiro atoms. The average molecular weight is 251 g/mol. The van der Waals surface area contributed by atoms with Crippen LogP contribution in [0.5, 0.6) is 0 Å². The average Bonchev–Trinajstić information content (AvgIpc) is 3.23. The number of piperazine rings is 1. The Balaban J connectivity index is 1.48. The van der Waals surface area contributed by atoms with Gasteiger partial charge < -0.3 is 10.6 Å². The number of nitrogens with zero attached hydrogens (tertiary/aromatic N) is 2. The van der Waals surface area contributed by atoms with E-state index >= 15 is 0 Å². The standard InChI is InChI=1S/C14H25N3O/c15-12-3-1-11(2-4-12)14(18)17-9-7-16(8-10-17)13-5-6-13/h11-13H,1-10,15H2. The molecule has 1 heterocycles. The summed E-state index contributed by atoms with van der Waals surface area (Å²) in [4.78, 5) is 17.1. The van der Waals surface area contributed by atoms with Crippen molar-refractivity contribution in [3.63, 3.8) is 0 Å². The highest BCUT2D eigenvalue weighted by Crippen LogP contribution is 2.29. The Morgan fingerprint density at radius 3 is 2.06 bits per heavy atom. The Labute approximate surface area is 109 Å². The molecule has 1 amide bonds. The van der Waals surface area contributed by atoms with Crippen molar-refractivity contribution in [3.8, 4) is 0 Å². The summed E-state index contributed by atoms with van der Waals surface area (Å²) in [6, 6.07) is 1.18. The van der Waals surface area contributed by atoms with Crippen molar-refractivity contribution in [2.45, 2.75) is 50.6 Å². The number of amides is 1. The van der Waals surface area contributed by atoms with E-state index in [4.69, 9.17) is 5.73 Å². The highest BCUT2D eigenvalue weighted by molar-refractivity contribution is 5.79. The van der Waals surface area contributed by atoms with Gasteiger partial charge in [-0.15, -0.1) is 0 Å². The zero-order valence-corrected chi connectivity index (χ0v) is 11.2.